The van der Waals surface area contributed by atoms with Crippen LogP contribution in [0.15, 0.2) is 29.6 Å². The summed E-state index contributed by atoms with van der Waals surface area (Å²) in [5, 5.41) is 4.06. The number of nitrogens with zero attached hydrogens (tertiary/aromatic N) is 7. The molecule has 1 aliphatic heterocycles. The number of rotatable bonds is 2. The molecule has 3 aromatic heterocycles. The minimum Gasteiger partial charge on any atom is -0.335 e. The lowest BCUT2D eigenvalue weighted by molar-refractivity contribution is 0.0668. The maximum Gasteiger partial charge on any atom is 0.330 e. The van der Waals surface area contributed by atoms with Crippen LogP contribution in [0.1, 0.15) is 29.4 Å². The van der Waals surface area contributed by atoms with Crippen LogP contribution in [-0.2, 0) is 14.1 Å². The van der Waals surface area contributed by atoms with E-state index in [0.717, 1.165) is 12.8 Å². The van der Waals surface area contributed by atoms with E-state index in [9.17, 15) is 9.59 Å². The Labute approximate surface area is 143 Å². The highest BCUT2D eigenvalue weighted by Crippen LogP contribution is 2.24. The number of aryl methyl sites for hydroxylation is 2. The summed E-state index contributed by atoms with van der Waals surface area (Å²) in [6.45, 7) is 1.15. The van der Waals surface area contributed by atoms with Crippen LogP contribution in [0, 0.1) is 0 Å². The number of amides is 1. The van der Waals surface area contributed by atoms with Crippen molar-refractivity contribution < 1.29 is 4.79 Å². The Morgan fingerprint density at radius 3 is 2.92 bits per heavy atom. The number of piperidine rings is 1. The third-order valence-electron chi connectivity index (χ3n) is 4.84. The molecule has 1 aliphatic rings. The average Bonchev–Trinajstić information content (AvgIpc) is 3.17. The van der Waals surface area contributed by atoms with Crippen molar-refractivity contribution in [3.05, 3.63) is 41.0 Å². The number of carbonyl (C=O) groups is 1. The van der Waals surface area contributed by atoms with Gasteiger partial charge >= 0.3 is 5.69 Å². The minimum atomic E-state index is -0.129. The molecule has 9 nitrogen and oxygen atoms in total. The normalized spacial score (nSPS) is 18.0. The van der Waals surface area contributed by atoms with Crippen LogP contribution >= 0.6 is 0 Å². The van der Waals surface area contributed by atoms with E-state index in [4.69, 9.17) is 0 Å². The summed E-state index contributed by atoms with van der Waals surface area (Å²) in [6.07, 6.45) is 6.36. The molecule has 9 heteroatoms. The van der Waals surface area contributed by atoms with Gasteiger partial charge in [0.1, 0.15) is 17.5 Å². The first-order valence-corrected chi connectivity index (χ1v) is 8.22. The molecular formula is C16H19N7O2. The SMILES string of the molecule is Cn1nccc1C(=O)N1CCC[C@@H](n2c(=O)n(C)c3cncnc32)C1. The first-order chi connectivity index (χ1) is 12.1. The van der Waals surface area contributed by atoms with E-state index in [-0.39, 0.29) is 17.6 Å². The van der Waals surface area contributed by atoms with Crippen LogP contribution < -0.4 is 5.69 Å². The first-order valence-electron chi connectivity index (χ1n) is 8.22. The topological polar surface area (TPSA) is 90.8 Å². The summed E-state index contributed by atoms with van der Waals surface area (Å²) >= 11 is 0. The van der Waals surface area contributed by atoms with Crippen molar-refractivity contribution in [1.29, 1.82) is 0 Å². The van der Waals surface area contributed by atoms with E-state index >= 15 is 0 Å². The van der Waals surface area contributed by atoms with Crippen LogP contribution in [0.3, 0.4) is 0 Å². The lowest BCUT2D eigenvalue weighted by atomic mass is 10.1. The van der Waals surface area contributed by atoms with Gasteiger partial charge in [-0.15, -0.1) is 0 Å². The van der Waals surface area contributed by atoms with Gasteiger partial charge in [0.25, 0.3) is 5.91 Å². The van der Waals surface area contributed by atoms with E-state index < -0.39 is 0 Å². The molecule has 1 saturated heterocycles. The maximum atomic E-state index is 12.8. The van der Waals surface area contributed by atoms with Crippen LogP contribution in [0.4, 0.5) is 0 Å². The van der Waals surface area contributed by atoms with Crippen LogP contribution in [-0.4, -0.2) is 52.8 Å². The van der Waals surface area contributed by atoms with Crippen molar-refractivity contribution in [3.63, 3.8) is 0 Å². The standard InChI is InChI=1S/C16H19N7O2/c1-20-13-8-17-10-18-14(13)23(16(20)25)11-4-3-7-22(9-11)15(24)12-5-6-19-21(12)2/h5-6,8,10-11H,3-4,7,9H2,1-2H3/t11-/m1/s1. The molecule has 0 spiro atoms. The van der Waals surface area contributed by atoms with Crippen LogP contribution in [0.5, 0.6) is 0 Å². The highest BCUT2D eigenvalue weighted by Gasteiger charge is 2.29. The van der Waals surface area contributed by atoms with Crippen LogP contribution in [0.2, 0.25) is 0 Å². The molecule has 0 aliphatic carbocycles. The van der Waals surface area contributed by atoms with E-state index in [2.05, 4.69) is 15.1 Å². The van der Waals surface area contributed by atoms with Gasteiger partial charge in [0, 0.05) is 33.4 Å². The van der Waals surface area contributed by atoms with Gasteiger partial charge < -0.3 is 4.90 Å². The number of carbonyl (C=O) groups excluding carboxylic acids is 1. The fourth-order valence-corrected chi connectivity index (χ4v) is 3.52. The predicted octanol–water partition coefficient (Wildman–Crippen LogP) is 0.341. The number of hydrogen-bond donors (Lipinski definition) is 0. The maximum absolute atomic E-state index is 12.8. The lowest BCUT2D eigenvalue weighted by Gasteiger charge is -2.33. The summed E-state index contributed by atoms with van der Waals surface area (Å²) in [6, 6.07) is 1.61. The first kappa shape index (κ1) is 15.6. The molecule has 0 unspecified atom stereocenters. The Bertz CT molecular complexity index is 999. The van der Waals surface area contributed by atoms with Gasteiger partial charge in [-0.25, -0.2) is 14.8 Å². The minimum absolute atomic E-state index is 0.0624. The average molecular weight is 341 g/mol. The number of fused-ring (bicyclic) bond motifs is 1. The number of hydrogen-bond acceptors (Lipinski definition) is 5. The van der Waals surface area contributed by atoms with E-state index in [1.165, 1.54) is 6.33 Å². The fraction of sp³-hybridized carbons (Fsp3) is 0.438. The highest BCUT2D eigenvalue weighted by atomic mass is 16.2. The molecule has 130 valence electrons. The third-order valence-corrected chi connectivity index (χ3v) is 4.84. The second-order valence-electron chi connectivity index (χ2n) is 6.33. The molecule has 1 amide bonds. The summed E-state index contributed by atoms with van der Waals surface area (Å²) in [4.78, 5) is 35.5. The summed E-state index contributed by atoms with van der Waals surface area (Å²) in [7, 11) is 3.46. The second-order valence-corrected chi connectivity index (χ2v) is 6.33. The summed E-state index contributed by atoms with van der Waals surface area (Å²) < 4.78 is 4.82. The quantitative estimate of drug-likeness (QED) is 0.670. The Balaban J connectivity index is 1.69. The van der Waals surface area contributed by atoms with Gasteiger partial charge in [-0.2, -0.15) is 5.10 Å². The second kappa shape index (κ2) is 5.83. The van der Waals surface area contributed by atoms with Gasteiger partial charge in [-0.1, -0.05) is 0 Å². The van der Waals surface area contributed by atoms with Gasteiger partial charge in [-0.05, 0) is 18.9 Å². The van der Waals surface area contributed by atoms with Crippen molar-refractivity contribution >= 4 is 17.1 Å². The van der Waals surface area contributed by atoms with Gasteiger partial charge in [-0.3, -0.25) is 18.6 Å². The largest absolute Gasteiger partial charge is 0.335 e. The van der Waals surface area contributed by atoms with Crippen molar-refractivity contribution in [2.75, 3.05) is 13.1 Å². The van der Waals surface area contributed by atoms with Gasteiger partial charge in [0.15, 0.2) is 5.65 Å². The van der Waals surface area contributed by atoms with Gasteiger partial charge in [0.05, 0.1) is 12.2 Å². The zero-order valence-electron chi connectivity index (χ0n) is 14.2. The Hall–Kier alpha value is -2.97. The lowest BCUT2D eigenvalue weighted by Crippen LogP contribution is -2.43. The monoisotopic (exact) mass is 341 g/mol. The third kappa shape index (κ3) is 2.43. The molecule has 0 saturated carbocycles. The van der Waals surface area contributed by atoms with Crippen molar-refractivity contribution in [1.82, 2.24) is 33.8 Å². The van der Waals surface area contributed by atoms with Crippen LogP contribution in [0.25, 0.3) is 11.2 Å². The Morgan fingerprint density at radius 1 is 1.32 bits per heavy atom. The molecule has 0 radical (unpaired) electrons. The molecular weight excluding hydrogens is 322 g/mol. The zero-order valence-corrected chi connectivity index (χ0v) is 14.2. The van der Waals surface area contributed by atoms with Crippen molar-refractivity contribution in [2.45, 2.75) is 18.9 Å². The predicted molar refractivity (Wildman–Crippen MR) is 90.2 cm³/mol. The van der Waals surface area contributed by atoms with E-state index in [1.54, 1.807) is 51.3 Å². The zero-order chi connectivity index (χ0) is 17.6. The molecule has 4 heterocycles. The molecule has 0 aromatic carbocycles. The number of imidazole rings is 1. The van der Waals surface area contributed by atoms with Gasteiger partial charge in [0.2, 0.25) is 0 Å². The summed E-state index contributed by atoms with van der Waals surface area (Å²) in [5.74, 6) is -0.0624. The Kier molecular flexibility index (Phi) is 3.63. The Morgan fingerprint density at radius 2 is 2.16 bits per heavy atom. The van der Waals surface area contributed by atoms with E-state index in [1.807, 2.05) is 0 Å². The number of likely N-dealkylation sites (tertiary alicyclic amines) is 1. The molecule has 1 fully saturated rings. The van der Waals surface area contributed by atoms with Crippen molar-refractivity contribution in [2.24, 2.45) is 14.1 Å². The summed E-state index contributed by atoms with van der Waals surface area (Å²) in [5.41, 5.74) is 1.73. The van der Waals surface area contributed by atoms with E-state index in [0.29, 0.717) is 29.9 Å². The molecule has 1 atom stereocenters. The molecule has 25 heavy (non-hydrogen) atoms. The molecule has 0 bridgehead atoms. The molecule has 4 rings (SSSR count). The highest BCUT2D eigenvalue weighted by molar-refractivity contribution is 5.92. The molecule has 3 aromatic rings. The number of aromatic nitrogens is 6. The van der Waals surface area contributed by atoms with Crippen molar-refractivity contribution in [3.8, 4) is 0 Å². The smallest absolute Gasteiger partial charge is 0.330 e. The fourth-order valence-electron chi connectivity index (χ4n) is 3.52. The molecule has 0 N–H and O–H groups in total.